The van der Waals surface area contributed by atoms with Gasteiger partial charge >= 0.3 is 5.97 Å². The van der Waals surface area contributed by atoms with E-state index in [1.807, 2.05) is 13.8 Å². The van der Waals surface area contributed by atoms with E-state index < -0.39 is 11.0 Å². The van der Waals surface area contributed by atoms with Crippen molar-refractivity contribution in [2.24, 2.45) is 17.3 Å². The number of hydrogen-bond donors (Lipinski definition) is 2. The molecular weight excluding hydrogens is 294 g/mol. The van der Waals surface area contributed by atoms with Crippen molar-refractivity contribution in [3.63, 3.8) is 0 Å². The first-order chi connectivity index (χ1) is 10.9. The number of ether oxygens (including phenoxy) is 1. The molecule has 4 bridgehead atoms. The molecule has 2 unspecified atom stereocenters. The Kier molecular flexibility index (Phi) is 4.43. The highest BCUT2D eigenvalue weighted by Crippen LogP contribution is 2.61. The molecule has 5 heteroatoms. The van der Waals surface area contributed by atoms with E-state index in [-0.39, 0.29) is 24.5 Å². The standard InChI is InChI=1S/C18H29NO4/c1-3-14(4-2)19-15(20)10-23-16(21)17-6-12-5-13(7-17)9-18(22,8-12)11-17/h12-14,22H,3-11H2,1-2H3,(H,19,20). The number of nitrogens with one attached hydrogen (secondary N) is 1. The van der Waals surface area contributed by atoms with E-state index in [0.717, 1.165) is 44.9 Å². The van der Waals surface area contributed by atoms with Gasteiger partial charge in [-0.2, -0.15) is 0 Å². The maximum Gasteiger partial charge on any atom is 0.312 e. The van der Waals surface area contributed by atoms with Gasteiger partial charge in [-0.25, -0.2) is 0 Å². The molecule has 0 radical (unpaired) electrons. The Morgan fingerprint density at radius 2 is 1.78 bits per heavy atom. The zero-order chi connectivity index (χ0) is 16.7. The van der Waals surface area contributed by atoms with Crippen LogP contribution in [0.3, 0.4) is 0 Å². The second-order valence-corrected chi connectivity index (χ2v) is 8.12. The molecule has 0 aromatic carbocycles. The second-order valence-electron chi connectivity index (χ2n) is 8.12. The van der Waals surface area contributed by atoms with Crippen LogP contribution >= 0.6 is 0 Å². The van der Waals surface area contributed by atoms with Crippen molar-refractivity contribution in [2.75, 3.05) is 6.61 Å². The SMILES string of the molecule is CCC(CC)NC(=O)COC(=O)C12CC3CC(CC(O)(C3)C1)C2. The minimum absolute atomic E-state index is 0.140. The van der Waals surface area contributed by atoms with Crippen LogP contribution in [0, 0.1) is 17.3 Å². The lowest BCUT2D eigenvalue weighted by Crippen LogP contribution is -2.58. The van der Waals surface area contributed by atoms with Gasteiger partial charge in [0.1, 0.15) is 0 Å². The molecule has 0 aromatic rings. The molecule has 0 spiro atoms. The first-order valence-electron chi connectivity index (χ1n) is 9.07. The summed E-state index contributed by atoms with van der Waals surface area (Å²) in [6, 6.07) is 0.140. The third kappa shape index (κ3) is 3.25. The maximum atomic E-state index is 12.7. The van der Waals surface area contributed by atoms with Crippen LogP contribution in [0.25, 0.3) is 0 Å². The fourth-order valence-corrected chi connectivity index (χ4v) is 5.50. The third-order valence-corrected chi connectivity index (χ3v) is 6.15. The highest BCUT2D eigenvalue weighted by molar-refractivity contribution is 5.83. The molecule has 0 aromatic heterocycles. The van der Waals surface area contributed by atoms with Gasteiger partial charge in [0.15, 0.2) is 6.61 Å². The number of carbonyl (C=O) groups excluding carboxylic acids is 2. The fraction of sp³-hybridized carbons (Fsp3) is 0.889. The number of carbonyl (C=O) groups is 2. The average molecular weight is 323 g/mol. The summed E-state index contributed by atoms with van der Waals surface area (Å²) in [7, 11) is 0. The zero-order valence-corrected chi connectivity index (χ0v) is 14.3. The highest BCUT2D eigenvalue weighted by Gasteiger charge is 2.60. The third-order valence-electron chi connectivity index (χ3n) is 6.15. The Balaban J connectivity index is 1.57. The van der Waals surface area contributed by atoms with Gasteiger partial charge in [0.2, 0.25) is 0 Å². The minimum atomic E-state index is -0.680. The number of esters is 1. The van der Waals surface area contributed by atoms with Crippen LogP contribution in [0.5, 0.6) is 0 Å². The summed E-state index contributed by atoms with van der Waals surface area (Å²) < 4.78 is 5.36. The highest BCUT2D eigenvalue weighted by atomic mass is 16.5. The van der Waals surface area contributed by atoms with E-state index in [0.29, 0.717) is 18.3 Å². The summed E-state index contributed by atoms with van der Waals surface area (Å²) in [6.45, 7) is 3.85. The van der Waals surface area contributed by atoms with Gasteiger partial charge in [-0.15, -0.1) is 0 Å². The quantitative estimate of drug-likeness (QED) is 0.735. The van der Waals surface area contributed by atoms with Crippen LogP contribution < -0.4 is 5.32 Å². The normalized spacial score (nSPS) is 37.9. The molecule has 1 amide bonds. The molecule has 0 heterocycles. The Morgan fingerprint density at radius 1 is 1.17 bits per heavy atom. The average Bonchev–Trinajstić information content (AvgIpc) is 2.47. The summed E-state index contributed by atoms with van der Waals surface area (Å²) in [4.78, 5) is 24.6. The monoisotopic (exact) mass is 323 g/mol. The van der Waals surface area contributed by atoms with Crippen molar-refractivity contribution in [3.05, 3.63) is 0 Å². The van der Waals surface area contributed by atoms with E-state index in [4.69, 9.17) is 4.74 Å². The van der Waals surface area contributed by atoms with Crippen molar-refractivity contribution in [3.8, 4) is 0 Å². The maximum absolute atomic E-state index is 12.7. The topological polar surface area (TPSA) is 75.6 Å². The lowest BCUT2D eigenvalue weighted by Gasteiger charge is -2.58. The molecule has 2 atom stereocenters. The van der Waals surface area contributed by atoms with E-state index in [1.165, 1.54) is 0 Å². The second kappa shape index (κ2) is 6.08. The van der Waals surface area contributed by atoms with Gasteiger partial charge in [-0.05, 0) is 63.2 Å². The molecule has 0 aliphatic heterocycles. The molecule has 4 saturated carbocycles. The van der Waals surface area contributed by atoms with Crippen molar-refractivity contribution in [1.82, 2.24) is 5.32 Å². The van der Waals surface area contributed by atoms with Crippen LogP contribution in [0.2, 0.25) is 0 Å². The molecule has 0 saturated heterocycles. The van der Waals surface area contributed by atoms with Gasteiger partial charge < -0.3 is 15.2 Å². The lowest BCUT2D eigenvalue weighted by molar-refractivity contribution is -0.196. The molecule has 4 fully saturated rings. The first-order valence-corrected chi connectivity index (χ1v) is 9.07. The minimum Gasteiger partial charge on any atom is -0.455 e. The number of amides is 1. The largest absolute Gasteiger partial charge is 0.455 e. The summed E-state index contributed by atoms with van der Waals surface area (Å²) in [5, 5.41) is 13.6. The number of rotatable bonds is 6. The first kappa shape index (κ1) is 16.7. The van der Waals surface area contributed by atoms with Crippen molar-refractivity contribution in [2.45, 2.75) is 76.9 Å². The molecule has 23 heavy (non-hydrogen) atoms. The van der Waals surface area contributed by atoms with Gasteiger partial charge in [0.05, 0.1) is 11.0 Å². The van der Waals surface area contributed by atoms with Crippen LogP contribution in [0.1, 0.15) is 65.2 Å². The lowest BCUT2D eigenvalue weighted by atomic mass is 9.48. The van der Waals surface area contributed by atoms with Crippen molar-refractivity contribution >= 4 is 11.9 Å². The summed E-state index contributed by atoms with van der Waals surface area (Å²) in [5.74, 6) is 0.375. The summed E-state index contributed by atoms with van der Waals surface area (Å²) in [5.41, 5.74) is -1.23. The van der Waals surface area contributed by atoms with Gasteiger partial charge in [0, 0.05) is 6.04 Å². The Morgan fingerprint density at radius 3 is 2.30 bits per heavy atom. The predicted octanol–water partition coefficient (Wildman–Crippen LogP) is 2.17. The molecule has 2 N–H and O–H groups in total. The molecule has 130 valence electrons. The number of hydrogen-bond acceptors (Lipinski definition) is 4. The summed E-state index contributed by atoms with van der Waals surface area (Å²) >= 11 is 0. The summed E-state index contributed by atoms with van der Waals surface area (Å²) in [6.07, 6.45) is 6.68. The van der Waals surface area contributed by atoms with Crippen LogP contribution in [-0.2, 0) is 14.3 Å². The Bertz CT molecular complexity index is 471. The molecular formula is C18H29NO4. The van der Waals surface area contributed by atoms with Crippen LogP contribution in [0.4, 0.5) is 0 Å². The van der Waals surface area contributed by atoms with Crippen LogP contribution in [0.15, 0.2) is 0 Å². The van der Waals surface area contributed by atoms with E-state index in [1.54, 1.807) is 0 Å². The van der Waals surface area contributed by atoms with E-state index in [2.05, 4.69) is 5.32 Å². The van der Waals surface area contributed by atoms with Crippen molar-refractivity contribution in [1.29, 1.82) is 0 Å². The Hall–Kier alpha value is -1.10. The predicted molar refractivity (Wildman–Crippen MR) is 85.5 cm³/mol. The Labute approximate surface area is 138 Å². The molecule has 5 nitrogen and oxygen atoms in total. The van der Waals surface area contributed by atoms with E-state index in [9.17, 15) is 14.7 Å². The van der Waals surface area contributed by atoms with Crippen LogP contribution in [-0.4, -0.2) is 35.2 Å². The van der Waals surface area contributed by atoms with Gasteiger partial charge in [-0.1, -0.05) is 13.8 Å². The van der Waals surface area contributed by atoms with Gasteiger partial charge in [0.25, 0.3) is 5.91 Å². The molecule has 4 aliphatic carbocycles. The molecule has 4 aliphatic rings. The van der Waals surface area contributed by atoms with E-state index >= 15 is 0 Å². The fourth-order valence-electron chi connectivity index (χ4n) is 5.50. The number of aliphatic hydroxyl groups is 1. The zero-order valence-electron chi connectivity index (χ0n) is 14.3. The molecule has 4 rings (SSSR count). The van der Waals surface area contributed by atoms with Crippen molar-refractivity contribution < 1.29 is 19.4 Å². The van der Waals surface area contributed by atoms with Gasteiger partial charge in [-0.3, -0.25) is 9.59 Å². The smallest absolute Gasteiger partial charge is 0.312 e.